The normalized spacial score (nSPS) is 16.6. The molecule has 1 heterocycles. The van der Waals surface area contributed by atoms with E-state index in [0.29, 0.717) is 0 Å². The first-order valence-corrected chi connectivity index (χ1v) is 7.00. The summed E-state index contributed by atoms with van der Waals surface area (Å²) in [5.41, 5.74) is 10.7. The number of halogens is 2. The van der Waals surface area contributed by atoms with Crippen LogP contribution >= 0.6 is 0 Å². The van der Waals surface area contributed by atoms with Crippen LogP contribution in [0.3, 0.4) is 0 Å². The van der Waals surface area contributed by atoms with Crippen LogP contribution in [0.25, 0.3) is 0 Å². The largest absolute Gasteiger partial charge is 0.370 e. The number of morpholine rings is 1. The second kappa shape index (κ2) is 7.44. The molecule has 2 rings (SSSR count). The van der Waals surface area contributed by atoms with E-state index in [9.17, 15) is 18.4 Å². The summed E-state index contributed by atoms with van der Waals surface area (Å²) >= 11 is 0. The van der Waals surface area contributed by atoms with Gasteiger partial charge in [-0.2, -0.15) is 0 Å². The number of carbonyl (C=O) groups excluding carboxylic acids is 2. The quantitative estimate of drug-likeness (QED) is 0.716. The lowest BCUT2D eigenvalue weighted by Gasteiger charge is -2.29. The van der Waals surface area contributed by atoms with Crippen molar-refractivity contribution in [2.24, 2.45) is 11.5 Å². The van der Waals surface area contributed by atoms with Crippen molar-refractivity contribution in [3.05, 3.63) is 23.8 Å². The molecule has 1 aromatic rings. The lowest BCUT2D eigenvalue weighted by atomic mass is 10.1. The molecule has 5 N–H and O–H groups in total. The lowest BCUT2D eigenvalue weighted by Crippen LogP contribution is -2.42. The Bertz CT molecular complexity index is 597. The van der Waals surface area contributed by atoms with Crippen LogP contribution in [0.5, 0.6) is 0 Å². The third-order valence-corrected chi connectivity index (χ3v) is 3.40. The molecule has 0 aromatic heterocycles. The second-order valence-electron chi connectivity index (χ2n) is 5.00. The van der Waals surface area contributed by atoms with Crippen LogP contribution < -0.4 is 21.7 Å². The average Bonchev–Trinajstić information content (AvgIpc) is 2.54. The Kier molecular flexibility index (Phi) is 5.59. The van der Waals surface area contributed by atoms with Gasteiger partial charge in [0.25, 0.3) is 12.3 Å². The van der Waals surface area contributed by atoms with Crippen LogP contribution in [-0.4, -0.2) is 44.2 Å². The van der Waals surface area contributed by atoms with Gasteiger partial charge in [0.05, 0.1) is 18.3 Å². The fourth-order valence-electron chi connectivity index (χ4n) is 2.17. The Morgan fingerprint density at radius 1 is 1.43 bits per heavy atom. The van der Waals surface area contributed by atoms with Crippen molar-refractivity contribution in [3.8, 4) is 0 Å². The SMILES string of the molecule is NC[C@@H](N)C(=O)Nc1ccc(N2CCOCC2=O)c(C(F)F)c1. The lowest BCUT2D eigenvalue weighted by molar-refractivity contribution is -0.125. The summed E-state index contributed by atoms with van der Waals surface area (Å²) in [6.45, 7) is 0.265. The van der Waals surface area contributed by atoms with Gasteiger partial charge in [-0.15, -0.1) is 0 Å². The summed E-state index contributed by atoms with van der Waals surface area (Å²) in [4.78, 5) is 24.7. The molecule has 0 saturated carbocycles. The van der Waals surface area contributed by atoms with Gasteiger partial charge in [-0.3, -0.25) is 9.59 Å². The van der Waals surface area contributed by atoms with Crippen LogP contribution in [0.2, 0.25) is 0 Å². The fraction of sp³-hybridized carbons (Fsp3) is 0.429. The van der Waals surface area contributed by atoms with Crippen molar-refractivity contribution in [3.63, 3.8) is 0 Å². The molecule has 1 fully saturated rings. The van der Waals surface area contributed by atoms with E-state index >= 15 is 0 Å². The number of carbonyl (C=O) groups is 2. The molecule has 0 bridgehead atoms. The van der Waals surface area contributed by atoms with E-state index in [2.05, 4.69) is 5.32 Å². The van der Waals surface area contributed by atoms with Crippen LogP contribution in [0.1, 0.15) is 12.0 Å². The molecule has 7 nitrogen and oxygen atoms in total. The molecule has 9 heteroatoms. The number of nitrogens with two attached hydrogens (primary N) is 2. The average molecular weight is 328 g/mol. The predicted octanol–water partition coefficient (Wildman–Crippen LogP) is 0.212. The summed E-state index contributed by atoms with van der Waals surface area (Å²) < 4.78 is 31.6. The molecule has 1 aliphatic heterocycles. The van der Waals surface area contributed by atoms with Crippen molar-refractivity contribution in [1.82, 2.24) is 0 Å². The highest BCUT2D eigenvalue weighted by molar-refractivity contribution is 5.97. The third-order valence-electron chi connectivity index (χ3n) is 3.40. The molecule has 2 amide bonds. The van der Waals surface area contributed by atoms with Crippen LogP contribution in [0, 0.1) is 0 Å². The van der Waals surface area contributed by atoms with Crippen LogP contribution in [0.15, 0.2) is 18.2 Å². The number of nitrogens with one attached hydrogen (secondary N) is 1. The molecule has 1 atom stereocenters. The minimum atomic E-state index is -2.80. The zero-order valence-corrected chi connectivity index (χ0v) is 12.3. The minimum Gasteiger partial charge on any atom is -0.370 e. The first kappa shape index (κ1) is 17.3. The number of nitrogens with zero attached hydrogens (tertiary/aromatic N) is 1. The van der Waals surface area contributed by atoms with Gasteiger partial charge < -0.3 is 26.4 Å². The van der Waals surface area contributed by atoms with E-state index < -0.39 is 18.4 Å². The molecule has 1 saturated heterocycles. The number of hydrogen-bond donors (Lipinski definition) is 3. The summed E-state index contributed by atoms with van der Waals surface area (Å²) in [5, 5.41) is 2.42. The molecular formula is C14H18F2N4O3. The smallest absolute Gasteiger partial charge is 0.265 e. The van der Waals surface area contributed by atoms with Gasteiger partial charge in [0.15, 0.2) is 0 Å². The molecule has 126 valence electrons. The molecule has 0 unspecified atom stereocenters. The molecule has 1 aliphatic rings. The van der Waals surface area contributed by atoms with Crippen LogP contribution in [-0.2, 0) is 14.3 Å². The van der Waals surface area contributed by atoms with Crippen molar-refractivity contribution >= 4 is 23.2 Å². The molecule has 23 heavy (non-hydrogen) atoms. The van der Waals surface area contributed by atoms with Crippen molar-refractivity contribution < 1.29 is 23.1 Å². The fourth-order valence-corrected chi connectivity index (χ4v) is 2.17. The molecular weight excluding hydrogens is 310 g/mol. The third kappa shape index (κ3) is 4.01. The van der Waals surface area contributed by atoms with Gasteiger partial charge >= 0.3 is 0 Å². The van der Waals surface area contributed by atoms with Gasteiger partial charge in [0.2, 0.25) is 5.91 Å². The van der Waals surface area contributed by atoms with E-state index in [1.807, 2.05) is 0 Å². The Hall–Kier alpha value is -2.10. The van der Waals surface area contributed by atoms with E-state index in [0.717, 1.165) is 6.07 Å². The Morgan fingerprint density at radius 3 is 2.78 bits per heavy atom. The summed E-state index contributed by atoms with van der Waals surface area (Å²) in [5.74, 6) is -0.956. The topological polar surface area (TPSA) is 111 Å². The first-order chi connectivity index (χ1) is 10.9. The van der Waals surface area contributed by atoms with Gasteiger partial charge in [-0.05, 0) is 18.2 Å². The first-order valence-electron chi connectivity index (χ1n) is 7.00. The maximum absolute atomic E-state index is 13.3. The van der Waals surface area contributed by atoms with Gasteiger partial charge in [0, 0.05) is 24.3 Å². The zero-order chi connectivity index (χ0) is 17.0. The number of benzene rings is 1. The van der Waals surface area contributed by atoms with Gasteiger partial charge in [-0.1, -0.05) is 0 Å². The number of anilines is 2. The number of amides is 2. The Balaban J connectivity index is 2.28. The number of hydrogen-bond acceptors (Lipinski definition) is 5. The maximum atomic E-state index is 13.3. The molecule has 0 radical (unpaired) electrons. The summed E-state index contributed by atoms with van der Waals surface area (Å²) in [6.07, 6.45) is -2.80. The Labute approximate surface area is 131 Å². The van der Waals surface area contributed by atoms with Crippen LogP contribution in [0.4, 0.5) is 20.2 Å². The molecule has 1 aromatic carbocycles. The van der Waals surface area contributed by atoms with Crippen molar-refractivity contribution in [1.29, 1.82) is 0 Å². The van der Waals surface area contributed by atoms with Gasteiger partial charge in [-0.25, -0.2) is 8.78 Å². The monoisotopic (exact) mass is 328 g/mol. The number of rotatable bonds is 5. The van der Waals surface area contributed by atoms with Gasteiger partial charge in [0.1, 0.15) is 6.61 Å². The van der Waals surface area contributed by atoms with E-state index in [-0.39, 0.29) is 49.1 Å². The Morgan fingerprint density at radius 2 is 2.17 bits per heavy atom. The number of ether oxygens (including phenoxy) is 1. The summed E-state index contributed by atoms with van der Waals surface area (Å²) in [7, 11) is 0. The summed E-state index contributed by atoms with van der Waals surface area (Å²) in [6, 6.07) is 3.01. The molecule has 0 spiro atoms. The van der Waals surface area contributed by atoms with E-state index in [4.69, 9.17) is 16.2 Å². The highest BCUT2D eigenvalue weighted by Gasteiger charge is 2.26. The standard InChI is InChI=1S/C14H18F2N4O3/c15-13(16)9-5-8(19-14(22)10(18)6-17)1-2-11(9)20-3-4-23-7-12(20)21/h1-2,5,10,13H,3-4,6-7,17-18H2,(H,19,22)/t10-/m1/s1. The van der Waals surface area contributed by atoms with E-state index in [1.165, 1.54) is 17.0 Å². The predicted molar refractivity (Wildman–Crippen MR) is 80.2 cm³/mol. The highest BCUT2D eigenvalue weighted by atomic mass is 19.3. The van der Waals surface area contributed by atoms with Crippen molar-refractivity contribution in [2.45, 2.75) is 12.5 Å². The minimum absolute atomic E-state index is 0.0616. The zero-order valence-electron chi connectivity index (χ0n) is 12.3. The van der Waals surface area contributed by atoms with Crippen molar-refractivity contribution in [2.75, 3.05) is 36.5 Å². The second-order valence-corrected chi connectivity index (χ2v) is 5.00. The highest BCUT2D eigenvalue weighted by Crippen LogP contribution is 2.33. The number of alkyl halides is 2. The maximum Gasteiger partial charge on any atom is 0.265 e. The molecule has 0 aliphatic carbocycles. The van der Waals surface area contributed by atoms with E-state index in [1.54, 1.807) is 0 Å².